The normalized spacial score (nSPS) is 14.4. The monoisotopic (exact) mass is 479 g/mol. The van der Waals surface area contributed by atoms with Gasteiger partial charge in [0.15, 0.2) is 5.82 Å². The van der Waals surface area contributed by atoms with Crippen LogP contribution in [0, 0.1) is 0 Å². The van der Waals surface area contributed by atoms with Crippen LogP contribution in [0.25, 0.3) is 11.0 Å². The van der Waals surface area contributed by atoms with Crippen molar-refractivity contribution in [2.24, 2.45) is 0 Å². The van der Waals surface area contributed by atoms with Crippen LogP contribution in [-0.4, -0.2) is 70.1 Å². The molecule has 0 bridgehead atoms. The summed E-state index contributed by atoms with van der Waals surface area (Å²) in [6, 6.07) is 8.40. The van der Waals surface area contributed by atoms with E-state index in [2.05, 4.69) is 49.9 Å². The fourth-order valence-electron chi connectivity index (χ4n) is 4.64. The minimum absolute atomic E-state index is 0.153. The van der Waals surface area contributed by atoms with Crippen LogP contribution in [0.5, 0.6) is 5.75 Å². The van der Waals surface area contributed by atoms with Crippen LogP contribution in [0.2, 0.25) is 0 Å². The van der Waals surface area contributed by atoms with Gasteiger partial charge >= 0.3 is 0 Å². The molecule has 3 N–H and O–H groups in total. The number of carbonyl (C=O) groups is 1. The van der Waals surface area contributed by atoms with E-state index in [0.29, 0.717) is 6.54 Å². The molecule has 0 aliphatic carbocycles. The highest BCUT2D eigenvalue weighted by Crippen LogP contribution is 2.27. The Hall–Kier alpha value is -3.33. The summed E-state index contributed by atoms with van der Waals surface area (Å²) in [6.07, 6.45) is 5.46. The van der Waals surface area contributed by atoms with Crippen molar-refractivity contribution in [2.75, 3.05) is 50.9 Å². The maximum Gasteiger partial charge on any atom is 0.222 e. The second kappa shape index (κ2) is 11.4. The number of anilines is 2. The third kappa shape index (κ3) is 6.03. The number of nitrogen functional groups attached to an aromatic ring is 1. The van der Waals surface area contributed by atoms with Gasteiger partial charge in [0.05, 0.1) is 19.2 Å². The molecular weight excluding hydrogens is 442 g/mol. The zero-order chi connectivity index (χ0) is 24.8. The van der Waals surface area contributed by atoms with E-state index in [1.807, 2.05) is 17.2 Å². The van der Waals surface area contributed by atoms with E-state index < -0.39 is 0 Å². The van der Waals surface area contributed by atoms with Gasteiger partial charge in [0.2, 0.25) is 11.9 Å². The number of amides is 1. The van der Waals surface area contributed by atoms with E-state index in [-0.39, 0.29) is 11.9 Å². The minimum Gasteiger partial charge on any atom is -0.496 e. The summed E-state index contributed by atoms with van der Waals surface area (Å²) < 4.78 is 7.92. The van der Waals surface area contributed by atoms with Gasteiger partial charge in [0.1, 0.15) is 11.3 Å². The number of ether oxygens (including phenoxy) is 1. The van der Waals surface area contributed by atoms with Crippen LogP contribution >= 0.6 is 0 Å². The summed E-state index contributed by atoms with van der Waals surface area (Å²) in [4.78, 5) is 24.8. The van der Waals surface area contributed by atoms with Gasteiger partial charge in [0.25, 0.3) is 0 Å². The zero-order valence-corrected chi connectivity index (χ0v) is 21.1. The summed E-state index contributed by atoms with van der Waals surface area (Å²) in [6.45, 7) is 9.50. The molecule has 1 aromatic carbocycles. The zero-order valence-electron chi connectivity index (χ0n) is 21.1. The van der Waals surface area contributed by atoms with Gasteiger partial charge in [0, 0.05) is 58.0 Å². The Kier molecular flexibility index (Phi) is 8.07. The molecular formula is C26H37N7O2. The molecule has 9 heteroatoms. The molecule has 3 heterocycles. The summed E-state index contributed by atoms with van der Waals surface area (Å²) in [5, 5.41) is 3.46. The average molecular weight is 480 g/mol. The van der Waals surface area contributed by atoms with E-state index >= 15 is 0 Å². The average Bonchev–Trinajstić information content (AvgIpc) is 3.25. The van der Waals surface area contributed by atoms with Crippen LogP contribution in [0.3, 0.4) is 0 Å². The Labute approximate surface area is 207 Å². The smallest absolute Gasteiger partial charge is 0.222 e. The maximum absolute atomic E-state index is 11.6. The first-order valence-electron chi connectivity index (χ1n) is 12.5. The lowest BCUT2D eigenvalue weighted by Crippen LogP contribution is -2.47. The molecule has 1 saturated heterocycles. The molecule has 0 saturated carbocycles. The number of hydrogen-bond acceptors (Lipinski definition) is 7. The van der Waals surface area contributed by atoms with Crippen molar-refractivity contribution in [3.05, 3.63) is 41.6 Å². The van der Waals surface area contributed by atoms with E-state index in [4.69, 9.17) is 10.5 Å². The molecule has 0 spiro atoms. The fourth-order valence-corrected chi connectivity index (χ4v) is 4.64. The van der Waals surface area contributed by atoms with Crippen molar-refractivity contribution in [1.29, 1.82) is 0 Å². The van der Waals surface area contributed by atoms with Crippen molar-refractivity contribution >= 4 is 28.7 Å². The van der Waals surface area contributed by atoms with Crippen molar-refractivity contribution in [3.63, 3.8) is 0 Å². The summed E-state index contributed by atoms with van der Waals surface area (Å²) in [5.74, 6) is 2.06. The summed E-state index contributed by atoms with van der Waals surface area (Å²) in [7, 11) is 1.71. The molecule has 2 aromatic heterocycles. The van der Waals surface area contributed by atoms with Gasteiger partial charge in [-0.1, -0.05) is 31.9 Å². The van der Waals surface area contributed by atoms with Gasteiger partial charge in [-0.25, -0.2) is 4.98 Å². The first kappa shape index (κ1) is 24.8. The SMILES string of the molecule is CCCCCNc1nc(N)nc2ccn(Cc3ccc(CN4CCN(C(C)=O)CC4)cc3OC)c12. The minimum atomic E-state index is 0.153. The molecule has 3 aromatic rings. The number of benzene rings is 1. The third-order valence-corrected chi connectivity index (χ3v) is 6.62. The van der Waals surface area contributed by atoms with Crippen molar-refractivity contribution in [1.82, 2.24) is 24.3 Å². The van der Waals surface area contributed by atoms with Crippen LogP contribution in [0.15, 0.2) is 30.5 Å². The Morgan fingerprint density at radius 3 is 2.63 bits per heavy atom. The summed E-state index contributed by atoms with van der Waals surface area (Å²) in [5.41, 5.74) is 10.0. The lowest BCUT2D eigenvalue weighted by Gasteiger charge is -2.34. The van der Waals surface area contributed by atoms with E-state index in [0.717, 1.165) is 73.9 Å². The Balaban J connectivity index is 1.50. The molecule has 1 fully saturated rings. The number of rotatable bonds is 10. The second-order valence-corrected chi connectivity index (χ2v) is 9.17. The predicted octanol–water partition coefficient (Wildman–Crippen LogP) is 3.34. The van der Waals surface area contributed by atoms with Gasteiger partial charge in [-0.15, -0.1) is 0 Å². The number of carbonyl (C=O) groups excluding carboxylic acids is 1. The molecule has 188 valence electrons. The largest absolute Gasteiger partial charge is 0.496 e. The quantitative estimate of drug-likeness (QED) is 0.430. The Morgan fingerprint density at radius 2 is 1.91 bits per heavy atom. The molecule has 0 atom stereocenters. The Morgan fingerprint density at radius 1 is 1.11 bits per heavy atom. The number of nitrogens with one attached hydrogen (secondary N) is 1. The number of fused-ring (bicyclic) bond motifs is 1. The van der Waals surface area contributed by atoms with E-state index in [9.17, 15) is 4.79 Å². The van der Waals surface area contributed by atoms with Crippen molar-refractivity contribution in [3.8, 4) is 5.75 Å². The molecule has 0 unspecified atom stereocenters. The number of piperazine rings is 1. The highest BCUT2D eigenvalue weighted by atomic mass is 16.5. The Bertz CT molecular complexity index is 1150. The molecule has 1 amide bonds. The van der Waals surface area contributed by atoms with Crippen LogP contribution in [0.4, 0.5) is 11.8 Å². The van der Waals surface area contributed by atoms with E-state index in [1.165, 1.54) is 18.4 Å². The summed E-state index contributed by atoms with van der Waals surface area (Å²) >= 11 is 0. The van der Waals surface area contributed by atoms with Crippen LogP contribution in [-0.2, 0) is 17.9 Å². The maximum atomic E-state index is 11.6. The van der Waals surface area contributed by atoms with Gasteiger partial charge in [-0.3, -0.25) is 9.69 Å². The van der Waals surface area contributed by atoms with Crippen LogP contribution in [0.1, 0.15) is 44.2 Å². The number of aromatic nitrogens is 3. The molecule has 35 heavy (non-hydrogen) atoms. The number of methoxy groups -OCH3 is 1. The molecule has 1 aliphatic heterocycles. The first-order chi connectivity index (χ1) is 17.0. The highest BCUT2D eigenvalue weighted by molar-refractivity contribution is 5.87. The van der Waals surface area contributed by atoms with Gasteiger partial charge in [-0.05, 0) is 24.1 Å². The van der Waals surface area contributed by atoms with E-state index in [1.54, 1.807) is 14.0 Å². The third-order valence-electron chi connectivity index (χ3n) is 6.62. The molecule has 4 rings (SSSR count). The van der Waals surface area contributed by atoms with Gasteiger partial charge in [-0.2, -0.15) is 4.98 Å². The highest BCUT2D eigenvalue weighted by Gasteiger charge is 2.19. The first-order valence-corrected chi connectivity index (χ1v) is 12.5. The van der Waals surface area contributed by atoms with Crippen molar-refractivity contribution < 1.29 is 9.53 Å². The fraction of sp³-hybridized carbons (Fsp3) is 0.500. The molecule has 9 nitrogen and oxygen atoms in total. The molecule has 1 aliphatic rings. The number of nitrogens with two attached hydrogens (primary N) is 1. The molecule has 0 radical (unpaired) electrons. The van der Waals surface area contributed by atoms with Crippen molar-refractivity contribution in [2.45, 2.75) is 46.2 Å². The predicted molar refractivity (Wildman–Crippen MR) is 140 cm³/mol. The topological polar surface area (TPSA) is 102 Å². The second-order valence-electron chi connectivity index (χ2n) is 9.17. The van der Waals surface area contributed by atoms with Gasteiger partial charge < -0.3 is 25.3 Å². The number of unbranched alkanes of at least 4 members (excludes halogenated alkanes) is 2. The number of hydrogen-bond donors (Lipinski definition) is 2. The number of nitrogens with zero attached hydrogens (tertiary/aromatic N) is 5. The lowest BCUT2D eigenvalue weighted by molar-refractivity contribution is -0.130. The van der Waals surface area contributed by atoms with Crippen LogP contribution < -0.4 is 15.8 Å². The standard InChI is InChI=1S/C26H37N7O2/c1-4-5-6-10-28-25-24-22(29-26(27)30-25)9-11-33(24)18-21-8-7-20(16-23(21)35-3)17-31-12-14-32(15-13-31)19(2)34/h7-9,11,16H,4-6,10,12-15,17-18H2,1-3H3,(H3,27,28,29,30). The lowest BCUT2D eigenvalue weighted by atomic mass is 10.1.